The molecule has 0 atom stereocenters. The van der Waals surface area contributed by atoms with E-state index in [0.717, 1.165) is 34.4 Å². The maximum atomic E-state index is 12.7. The molecule has 3 rings (SSSR count). The van der Waals surface area contributed by atoms with Gasteiger partial charge in [0.2, 0.25) is 0 Å². The highest BCUT2D eigenvalue weighted by molar-refractivity contribution is 5.97. The van der Waals surface area contributed by atoms with Gasteiger partial charge in [-0.3, -0.25) is 4.79 Å². The minimum Gasteiger partial charge on any atom is -0.392 e. The largest absolute Gasteiger partial charge is 0.392 e. The lowest BCUT2D eigenvalue weighted by Gasteiger charge is -2.07. The highest BCUT2D eigenvalue weighted by Gasteiger charge is 2.15. The number of hydrogen-bond donors (Lipinski definition) is 1. The number of hydrogen-bond acceptors (Lipinski definition) is 3. The summed E-state index contributed by atoms with van der Waals surface area (Å²) in [5, 5.41) is 8.96. The van der Waals surface area contributed by atoms with Crippen LogP contribution >= 0.6 is 0 Å². The number of aliphatic hydroxyl groups is 1. The molecular weight excluding hydrogens is 312 g/mol. The van der Waals surface area contributed by atoms with Crippen LogP contribution in [0.15, 0.2) is 60.7 Å². The fraction of sp³-hybridized carbons (Fsp3) is 0.238. The second kappa shape index (κ2) is 7.90. The Morgan fingerprint density at radius 2 is 2.00 bits per heavy atom. The molecule has 1 N–H and O–H groups in total. The zero-order chi connectivity index (χ0) is 17.6. The van der Waals surface area contributed by atoms with Gasteiger partial charge in [-0.25, -0.2) is 4.98 Å². The van der Waals surface area contributed by atoms with Crippen molar-refractivity contribution in [3.63, 3.8) is 0 Å². The van der Waals surface area contributed by atoms with Gasteiger partial charge >= 0.3 is 0 Å². The number of fused-ring (bicyclic) bond motifs is 1. The SMILES string of the molecule is CCc1cccc(C(=O)Cc2nc3ccccc3n2C/C=C\CO)c1. The predicted molar refractivity (Wildman–Crippen MR) is 99.8 cm³/mol. The number of aliphatic hydroxyl groups excluding tert-OH is 1. The van der Waals surface area contributed by atoms with Crippen molar-refractivity contribution in [3.05, 3.63) is 77.6 Å². The summed E-state index contributed by atoms with van der Waals surface area (Å²) in [6.07, 6.45) is 4.76. The molecule has 4 heteroatoms. The van der Waals surface area contributed by atoms with Gasteiger partial charge < -0.3 is 9.67 Å². The monoisotopic (exact) mass is 334 g/mol. The third-order valence-electron chi connectivity index (χ3n) is 4.27. The number of carbonyl (C=O) groups is 1. The van der Waals surface area contributed by atoms with E-state index in [1.807, 2.05) is 59.2 Å². The minimum atomic E-state index is 0.00467. The molecule has 0 spiro atoms. The van der Waals surface area contributed by atoms with Crippen molar-refractivity contribution >= 4 is 16.8 Å². The van der Waals surface area contributed by atoms with Crippen molar-refractivity contribution in [2.75, 3.05) is 6.61 Å². The first-order valence-electron chi connectivity index (χ1n) is 8.55. The molecule has 0 aliphatic rings. The fourth-order valence-electron chi connectivity index (χ4n) is 2.93. The normalized spacial score (nSPS) is 11.4. The summed E-state index contributed by atoms with van der Waals surface area (Å²) in [5.41, 5.74) is 3.76. The molecule has 128 valence electrons. The number of Topliss-reactive ketones (excluding diaryl/α,β-unsaturated/α-hetero) is 1. The topological polar surface area (TPSA) is 55.1 Å². The Morgan fingerprint density at radius 3 is 2.80 bits per heavy atom. The van der Waals surface area contributed by atoms with Gasteiger partial charge in [-0.1, -0.05) is 49.4 Å². The van der Waals surface area contributed by atoms with Crippen LogP contribution in [0, 0.1) is 0 Å². The molecule has 0 radical (unpaired) electrons. The Balaban J connectivity index is 1.92. The van der Waals surface area contributed by atoms with Crippen LogP contribution in [0.1, 0.15) is 28.7 Å². The Kier molecular flexibility index (Phi) is 5.41. The van der Waals surface area contributed by atoms with E-state index in [1.54, 1.807) is 6.08 Å². The van der Waals surface area contributed by atoms with E-state index >= 15 is 0 Å². The number of allylic oxidation sites excluding steroid dienone is 1. The number of aromatic nitrogens is 2. The van der Waals surface area contributed by atoms with Crippen molar-refractivity contribution in [1.29, 1.82) is 0 Å². The molecule has 3 aromatic rings. The van der Waals surface area contributed by atoms with E-state index in [9.17, 15) is 4.79 Å². The van der Waals surface area contributed by atoms with E-state index < -0.39 is 0 Å². The summed E-state index contributed by atoms with van der Waals surface area (Å²) >= 11 is 0. The van der Waals surface area contributed by atoms with Crippen LogP contribution < -0.4 is 0 Å². The zero-order valence-electron chi connectivity index (χ0n) is 14.4. The van der Waals surface area contributed by atoms with Crippen LogP contribution in [0.3, 0.4) is 0 Å². The van der Waals surface area contributed by atoms with Gasteiger partial charge in [0.05, 0.1) is 24.1 Å². The first kappa shape index (κ1) is 17.1. The molecule has 0 fully saturated rings. The van der Waals surface area contributed by atoms with Gasteiger partial charge in [0, 0.05) is 12.1 Å². The molecule has 2 aromatic carbocycles. The van der Waals surface area contributed by atoms with Crippen molar-refractivity contribution in [3.8, 4) is 0 Å². The molecular formula is C21H22N2O2. The van der Waals surface area contributed by atoms with E-state index in [-0.39, 0.29) is 18.8 Å². The van der Waals surface area contributed by atoms with E-state index in [0.29, 0.717) is 6.54 Å². The van der Waals surface area contributed by atoms with Gasteiger partial charge in [-0.15, -0.1) is 0 Å². The Hall–Kier alpha value is -2.72. The predicted octanol–water partition coefficient (Wildman–Crippen LogP) is 3.57. The highest BCUT2D eigenvalue weighted by Crippen LogP contribution is 2.18. The molecule has 4 nitrogen and oxygen atoms in total. The number of aryl methyl sites for hydroxylation is 1. The quantitative estimate of drug-likeness (QED) is 0.531. The Labute approximate surface area is 147 Å². The zero-order valence-corrected chi connectivity index (χ0v) is 14.4. The second-order valence-corrected chi connectivity index (χ2v) is 5.94. The number of rotatable bonds is 7. The number of nitrogens with zero attached hydrogens (tertiary/aromatic N) is 2. The van der Waals surface area contributed by atoms with Crippen LogP contribution in [0.4, 0.5) is 0 Å². The maximum absolute atomic E-state index is 12.7. The summed E-state index contributed by atoms with van der Waals surface area (Å²) in [5.74, 6) is 0.814. The van der Waals surface area contributed by atoms with Crippen LogP contribution in [0.25, 0.3) is 11.0 Å². The van der Waals surface area contributed by atoms with E-state index in [4.69, 9.17) is 5.11 Å². The minimum absolute atomic E-state index is 0.00467. The highest BCUT2D eigenvalue weighted by atomic mass is 16.2. The summed E-state index contributed by atoms with van der Waals surface area (Å²) < 4.78 is 2.03. The number of ketones is 1. The van der Waals surface area contributed by atoms with Crippen LogP contribution in [0.5, 0.6) is 0 Å². The molecule has 1 aromatic heterocycles. The molecule has 0 saturated carbocycles. The van der Waals surface area contributed by atoms with E-state index in [2.05, 4.69) is 11.9 Å². The average molecular weight is 334 g/mol. The van der Waals surface area contributed by atoms with Crippen LogP contribution in [-0.2, 0) is 19.4 Å². The third kappa shape index (κ3) is 3.86. The summed E-state index contributed by atoms with van der Waals surface area (Å²) in [6.45, 7) is 2.67. The average Bonchev–Trinajstić information content (AvgIpc) is 2.99. The van der Waals surface area contributed by atoms with Crippen LogP contribution in [0.2, 0.25) is 0 Å². The number of imidazole rings is 1. The van der Waals surface area contributed by atoms with Crippen molar-refractivity contribution in [1.82, 2.24) is 9.55 Å². The van der Waals surface area contributed by atoms with Gasteiger partial charge in [0.15, 0.2) is 5.78 Å². The summed E-state index contributed by atoms with van der Waals surface area (Å²) in [4.78, 5) is 17.4. The maximum Gasteiger partial charge on any atom is 0.170 e. The first-order valence-corrected chi connectivity index (χ1v) is 8.55. The molecule has 25 heavy (non-hydrogen) atoms. The molecule has 0 amide bonds. The smallest absolute Gasteiger partial charge is 0.170 e. The lowest BCUT2D eigenvalue weighted by Crippen LogP contribution is -2.10. The molecule has 0 saturated heterocycles. The lowest BCUT2D eigenvalue weighted by atomic mass is 10.0. The fourth-order valence-corrected chi connectivity index (χ4v) is 2.93. The van der Waals surface area contributed by atoms with Crippen molar-refractivity contribution in [2.45, 2.75) is 26.3 Å². The number of benzene rings is 2. The third-order valence-corrected chi connectivity index (χ3v) is 4.27. The first-order chi connectivity index (χ1) is 12.2. The molecule has 0 bridgehead atoms. The van der Waals surface area contributed by atoms with Crippen LogP contribution in [-0.4, -0.2) is 27.0 Å². The Morgan fingerprint density at radius 1 is 1.16 bits per heavy atom. The lowest BCUT2D eigenvalue weighted by molar-refractivity contribution is 0.0990. The molecule has 1 heterocycles. The second-order valence-electron chi connectivity index (χ2n) is 5.94. The Bertz CT molecular complexity index is 909. The summed E-state index contributed by atoms with van der Waals surface area (Å²) in [6, 6.07) is 15.6. The van der Waals surface area contributed by atoms with Crippen molar-refractivity contribution < 1.29 is 9.90 Å². The molecule has 0 aliphatic heterocycles. The molecule has 0 unspecified atom stereocenters. The van der Waals surface area contributed by atoms with Gasteiger partial charge in [-0.05, 0) is 30.2 Å². The van der Waals surface area contributed by atoms with E-state index in [1.165, 1.54) is 0 Å². The van der Waals surface area contributed by atoms with Crippen molar-refractivity contribution in [2.24, 2.45) is 0 Å². The number of carbonyl (C=O) groups excluding carboxylic acids is 1. The van der Waals surface area contributed by atoms with Gasteiger partial charge in [-0.2, -0.15) is 0 Å². The number of para-hydroxylation sites is 2. The standard InChI is InChI=1S/C21H22N2O2/c1-2-16-8-7-9-17(14-16)20(25)15-21-22-18-10-3-4-11-19(18)23(21)12-5-6-13-24/h3-11,14,24H,2,12-13,15H2,1H3/b6-5-. The van der Waals surface area contributed by atoms with Gasteiger partial charge in [0.25, 0.3) is 0 Å². The van der Waals surface area contributed by atoms with Gasteiger partial charge in [0.1, 0.15) is 5.82 Å². The molecule has 0 aliphatic carbocycles. The summed E-state index contributed by atoms with van der Waals surface area (Å²) in [7, 11) is 0.